The van der Waals surface area contributed by atoms with Crippen molar-refractivity contribution in [2.24, 2.45) is 10.2 Å². The number of rotatable bonds is 4. The van der Waals surface area contributed by atoms with E-state index in [0.717, 1.165) is 27.1 Å². The molecule has 0 aliphatic heterocycles. The number of nitrogens with one attached hydrogen (secondary N) is 1. The van der Waals surface area contributed by atoms with E-state index >= 15 is 0 Å². The normalized spacial score (nSPS) is 10.9. The molecule has 0 saturated heterocycles. The summed E-state index contributed by atoms with van der Waals surface area (Å²) < 4.78 is 0. The van der Waals surface area contributed by atoms with Crippen LogP contribution in [0.5, 0.6) is 0 Å². The molecule has 4 nitrogen and oxygen atoms in total. The SMILES string of the molecule is C/N=N/c1sc(Nc2ccccc2)nc1-c1ccccc1. The first-order valence-electron chi connectivity index (χ1n) is 6.55. The molecule has 0 radical (unpaired) electrons. The van der Waals surface area contributed by atoms with Gasteiger partial charge in [-0.3, -0.25) is 0 Å². The monoisotopic (exact) mass is 294 g/mol. The van der Waals surface area contributed by atoms with E-state index in [1.54, 1.807) is 7.05 Å². The molecule has 5 heteroatoms. The molecule has 0 atom stereocenters. The number of benzene rings is 2. The largest absolute Gasteiger partial charge is 0.331 e. The molecule has 0 fully saturated rings. The van der Waals surface area contributed by atoms with Crippen LogP contribution in [0.2, 0.25) is 0 Å². The van der Waals surface area contributed by atoms with Gasteiger partial charge < -0.3 is 5.32 Å². The maximum atomic E-state index is 4.65. The minimum Gasteiger partial charge on any atom is -0.331 e. The van der Waals surface area contributed by atoms with Gasteiger partial charge in [0.15, 0.2) is 10.1 Å². The number of nitrogens with zero attached hydrogens (tertiary/aromatic N) is 3. The Morgan fingerprint density at radius 2 is 1.62 bits per heavy atom. The predicted octanol–water partition coefficient (Wildman–Crippen LogP) is 5.27. The zero-order valence-corrected chi connectivity index (χ0v) is 12.3. The van der Waals surface area contributed by atoms with Crippen molar-refractivity contribution in [2.45, 2.75) is 0 Å². The average molecular weight is 294 g/mol. The molecule has 3 rings (SSSR count). The zero-order chi connectivity index (χ0) is 14.5. The van der Waals surface area contributed by atoms with Crippen LogP contribution in [0.15, 0.2) is 70.9 Å². The van der Waals surface area contributed by atoms with Gasteiger partial charge in [-0.25, -0.2) is 4.98 Å². The second-order valence-corrected chi connectivity index (χ2v) is 5.31. The lowest BCUT2D eigenvalue weighted by atomic mass is 10.2. The lowest BCUT2D eigenvalue weighted by Crippen LogP contribution is -1.88. The van der Waals surface area contributed by atoms with Crippen LogP contribution in [0.25, 0.3) is 11.3 Å². The van der Waals surface area contributed by atoms with Crippen molar-refractivity contribution in [3.05, 3.63) is 60.7 Å². The molecular formula is C16H14N4S. The molecule has 3 aromatic rings. The van der Waals surface area contributed by atoms with Gasteiger partial charge in [0.1, 0.15) is 5.69 Å². The molecule has 1 aromatic heterocycles. The molecule has 0 unspecified atom stereocenters. The Morgan fingerprint density at radius 3 is 2.29 bits per heavy atom. The molecule has 0 saturated carbocycles. The fourth-order valence-corrected chi connectivity index (χ4v) is 2.82. The van der Waals surface area contributed by atoms with Crippen LogP contribution in [-0.4, -0.2) is 12.0 Å². The molecule has 104 valence electrons. The van der Waals surface area contributed by atoms with Crippen molar-refractivity contribution >= 4 is 27.2 Å². The summed E-state index contributed by atoms with van der Waals surface area (Å²) in [5.41, 5.74) is 2.90. The Labute approximate surface area is 127 Å². The van der Waals surface area contributed by atoms with E-state index in [1.165, 1.54) is 11.3 Å². The van der Waals surface area contributed by atoms with Gasteiger partial charge in [0.2, 0.25) is 0 Å². The van der Waals surface area contributed by atoms with E-state index in [0.29, 0.717) is 0 Å². The number of thiazole rings is 1. The summed E-state index contributed by atoms with van der Waals surface area (Å²) in [5.74, 6) is 0. The molecule has 0 bridgehead atoms. The number of hydrogen-bond donors (Lipinski definition) is 1. The predicted molar refractivity (Wildman–Crippen MR) is 87.7 cm³/mol. The van der Waals surface area contributed by atoms with Crippen molar-refractivity contribution in [1.29, 1.82) is 0 Å². The van der Waals surface area contributed by atoms with Gasteiger partial charge in [-0.05, 0) is 12.1 Å². The first kappa shape index (κ1) is 13.5. The van der Waals surface area contributed by atoms with Gasteiger partial charge in [0.05, 0.1) is 0 Å². The minimum absolute atomic E-state index is 0.808. The smallest absolute Gasteiger partial charge is 0.189 e. The van der Waals surface area contributed by atoms with Gasteiger partial charge in [-0.15, -0.1) is 5.11 Å². The van der Waals surface area contributed by atoms with Crippen LogP contribution in [0, 0.1) is 0 Å². The number of azo groups is 1. The second-order valence-electron chi connectivity index (χ2n) is 4.33. The minimum atomic E-state index is 0.808. The number of anilines is 2. The third-order valence-corrected chi connectivity index (χ3v) is 3.73. The molecular weight excluding hydrogens is 280 g/mol. The highest BCUT2D eigenvalue weighted by Gasteiger charge is 2.12. The standard InChI is InChI=1S/C16H14N4S/c1-17-20-15-14(12-8-4-2-5-9-12)19-16(21-15)18-13-10-6-3-7-11-13/h2-11H,1H3,(H,18,19)/b20-17+. The molecule has 0 spiro atoms. The molecule has 0 aliphatic carbocycles. The maximum absolute atomic E-state index is 4.65. The summed E-state index contributed by atoms with van der Waals surface area (Å²) in [7, 11) is 1.67. The molecule has 0 amide bonds. The third-order valence-electron chi connectivity index (χ3n) is 2.87. The van der Waals surface area contributed by atoms with E-state index in [2.05, 4.69) is 20.5 Å². The highest BCUT2D eigenvalue weighted by atomic mass is 32.1. The summed E-state index contributed by atoms with van der Waals surface area (Å²) in [6.07, 6.45) is 0. The number of para-hydroxylation sites is 1. The highest BCUT2D eigenvalue weighted by molar-refractivity contribution is 7.19. The lowest BCUT2D eigenvalue weighted by molar-refractivity contribution is 1.18. The highest BCUT2D eigenvalue weighted by Crippen LogP contribution is 2.39. The van der Waals surface area contributed by atoms with E-state index < -0.39 is 0 Å². The van der Waals surface area contributed by atoms with Gasteiger partial charge in [0.25, 0.3) is 0 Å². The number of hydrogen-bond acceptors (Lipinski definition) is 5. The fourth-order valence-electron chi connectivity index (χ4n) is 1.95. The first-order valence-corrected chi connectivity index (χ1v) is 7.36. The summed E-state index contributed by atoms with van der Waals surface area (Å²) >= 11 is 1.49. The van der Waals surface area contributed by atoms with E-state index in [4.69, 9.17) is 0 Å². The van der Waals surface area contributed by atoms with Crippen LogP contribution in [0.3, 0.4) is 0 Å². The van der Waals surface area contributed by atoms with E-state index in [9.17, 15) is 0 Å². The first-order chi connectivity index (χ1) is 10.4. The molecule has 1 N–H and O–H groups in total. The van der Waals surface area contributed by atoms with Crippen LogP contribution < -0.4 is 5.32 Å². The Hall–Kier alpha value is -2.53. The van der Waals surface area contributed by atoms with Gasteiger partial charge in [0, 0.05) is 18.3 Å². The lowest BCUT2D eigenvalue weighted by Gasteiger charge is -2.00. The summed E-state index contributed by atoms with van der Waals surface area (Å²) in [6, 6.07) is 20.0. The summed E-state index contributed by atoms with van der Waals surface area (Å²) in [4.78, 5) is 4.65. The quantitative estimate of drug-likeness (QED) is 0.666. The molecule has 21 heavy (non-hydrogen) atoms. The van der Waals surface area contributed by atoms with Crippen molar-refractivity contribution in [3.63, 3.8) is 0 Å². The van der Waals surface area contributed by atoms with Crippen molar-refractivity contribution < 1.29 is 0 Å². The van der Waals surface area contributed by atoms with Crippen molar-refractivity contribution in [3.8, 4) is 11.3 Å². The van der Waals surface area contributed by atoms with Crippen molar-refractivity contribution in [1.82, 2.24) is 4.98 Å². The summed E-state index contributed by atoms with van der Waals surface area (Å²) in [5, 5.41) is 13.0. The fraction of sp³-hybridized carbons (Fsp3) is 0.0625. The van der Waals surface area contributed by atoms with Gasteiger partial charge in [-0.2, -0.15) is 5.11 Å². The van der Waals surface area contributed by atoms with Gasteiger partial charge >= 0.3 is 0 Å². The zero-order valence-electron chi connectivity index (χ0n) is 11.5. The molecule has 0 aliphatic rings. The van der Waals surface area contributed by atoms with Crippen LogP contribution in [0.4, 0.5) is 15.8 Å². The van der Waals surface area contributed by atoms with E-state index in [-0.39, 0.29) is 0 Å². The average Bonchev–Trinajstić information content (AvgIpc) is 2.92. The molecule has 2 aromatic carbocycles. The van der Waals surface area contributed by atoms with Crippen molar-refractivity contribution in [2.75, 3.05) is 12.4 Å². The third kappa shape index (κ3) is 3.14. The Morgan fingerprint density at radius 1 is 0.952 bits per heavy atom. The second kappa shape index (κ2) is 6.28. The Balaban J connectivity index is 1.97. The topological polar surface area (TPSA) is 49.6 Å². The van der Waals surface area contributed by atoms with Crippen LogP contribution in [0.1, 0.15) is 0 Å². The van der Waals surface area contributed by atoms with Crippen LogP contribution >= 0.6 is 11.3 Å². The van der Waals surface area contributed by atoms with Crippen LogP contribution in [-0.2, 0) is 0 Å². The summed E-state index contributed by atoms with van der Waals surface area (Å²) in [6.45, 7) is 0. The van der Waals surface area contributed by atoms with E-state index in [1.807, 2.05) is 60.7 Å². The molecule has 1 heterocycles. The Bertz CT molecular complexity index is 735. The van der Waals surface area contributed by atoms with Gasteiger partial charge in [-0.1, -0.05) is 59.9 Å². The Kier molecular flexibility index (Phi) is 4.02. The number of aromatic nitrogens is 1. The maximum Gasteiger partial charge on any atom is 0.189 e.